The number of hydrogen-bond donors (Lipinski definition) is 2. The van der Waals surface area contributed by atoms with E-state index in [1.165, 1.54) is 6.07 Å². The summed E-state index contributed by atoms with van der Waals surface area (Å²) in [6.07, 6.45) is 0.285. The molecule has 0 radical (unpaired) electrons. The lowest BCUT2D eigenvalue weighted by Crippen LogP contribution is -2.12. The van der Waals surface area contributed by atoms with Crippen LogP contribution >= 0.6 is 0 Å². The molecule has 4 aromatic rings. The fraction of sp³-hybridized carbons (Fsp3) is 0.0476. The van der Waals surface area contributed by atoms with Crippen LogP contribution in [0.1, 0.15) is 5.56 Å². The van der Waals surface area contributed by atoms with Crippen LogP contribution in [0.2, 0.25) is 0 Å². The number of rotatable bonds is 5. The summed E-state index contributed by atoms with van der Waals surface area (Å²) >= 11 is 0. The summed E-state index contributed by atoms with van der Waals surface area (Å²) in [5.41, 5.74) is 3.54. The van der Waals surface area contributed by atoms with Crippen LogP contribution in [0, 0.1) is 11.3 Å². The summed E-state index contributed by atoms with van der Waals surface area (Å²) in [6, 6.07) is 23.2. The third-order valence-corrected chi connectivity index (χ3v) is 5.68. The molecular formula is C21H16N4O2S. The molecule has 6 nitrogen and oxygen atoms in total. The molecule has 0 aliphatic rings. The van der Waals surface area contributed by atoms with Gasteiger partial charge in [-0.1, -0.05) is 42.5 Å². The summed E-state index contributed by atoms with van der Waals surface area (Å²) in [5, 5.41) is 8.72. The molecule has 0 fully saturated rings. The van der Waals surface area contributed by atoms with Gasteiger partial charge in [-0.3, -0.25) is 4.72 Å². The average Bonchev–Trinajstić information content (AvgIpc) is 3.14. The van der Waals surface area contributed by atoms with Crippen molar-refractivity contribution in [1.82, 2.24) is 9.97 Å². The Kier molecular flexibility index (Phi) is 4.55. The third kappa shape index (κ3) is 3.59. The summed E-state index contributed by atoms with van der Waals surface area (Å²) < 4.78 is 28.0. The van der Waals surface area contributed by atoms with Gasteiger partial charge >= 0.3 is 0 Å². The molecule has 7 heteroatoms. The number of nitrogens with one attached hydrogen (secondary N) is 2. The first kappa shape index (κ1) is 17.8. The zero-order valence-electron chi connectivity index (χ0n) is 14.8. The number of fused-ring (bicyclic) bond motifs is 1. The molecule has 0 atom stereocenters. The molecule has 0 aliphatic carbocycles. The largest absolute Gasteiger partial charge is 0.338 e. The molecule has 138 valence electrons. The number of hydrogen-bond acceptors (Lipinski definition) is 4. The molecule has 0 spiro atoms. The van der Waals surface area contributed by atoms with Crippen molar-refractivity contribution in [2.75, 3.05) is 4.72 Å². The molecule has 4 rings (SSSR count). The molecule has 1 heterocycles. The van der Waals surface area contributed by atoms with E-state index in [9.17, 15) is 8.42 Å². The lowest BCUT2D eigenvalue weighted by Gasteiger charge is -2.08. The second-order valence-corrected chi connectivity index (χ2v) is 7.95. The van der Waals surface area contributed by atoms with Gasteiger partial charge in [-0.25, -0.2) is 13.4 Å². The fourth-order valence-electron chi connectivity index (χ4n) is 2.88. The second-order valence-electron chi connectivity index (χ2n) is 6.27. The monoisotopic (exact) mass is 388 g/mol. The molecule has 0 bridgehead atoms. The van der Waals surface area contributed by atoms with Crippen LogP contribution in [0.4, 0.5) is 5.69 Å². The van der Waals surface area contributed by atoms with Crippen LogP contribution in [0.3, 0.4) is 0 Å². The number of aromatic amines is 1. The minimum absolute atomic E-state index is 0.143. The summed E-state index contributed by atoms with van der Waals surface area (Å²) in [7, 11) is -3.75. The molecule has 0 saturated carbocycles. The van der Waals surface area contributed by atoms with Crippen molar-refractivity contribution in [2.45, 2.75) is 11.3 Å². The number of anilines is 1. The zero-order valence-corrected chi connectivity index (χ0v) is 15.6. The Hall–Kier alpha value is -3.63. The zero-order chi connectivity index (χ0) is 19.6. The van der Waals surface area contributed by atoms with E-state index in [0.717, 1.165) is 11.1 Å². The quantitative estimate of drug-likeness (QED) is 0.538. The van der Waals surface area contributed by atoms with E-state index in [1.807, 2.05) is 30.3 Å². The smallest absolute Gasteiger partial charge is 0.261 e. The van der Waals surface area contributed by atoms with Crippen molar-refractivity contribution < 1.29 is 8.42 Å². The van der Waals surface area contributed by atoms with E-state index in [1.54, 1.807) is 36.4 Å². The Morgan fingerprint density at radius 1 is 1.00 bits per heavy atom. The van der Waals surface area contributed by atoms with Gasteiger partial charge in [0, 0.05) is 11.3 Å². The topological polar surface area (TPSA) is 98.6 Å². The van der Waals surface area contributed by atoms with Crippen molar-refractivity contribution in [3.05, 3.63) is 78.4 Å². The maximum absolute atomic E-state index is 12.7. The van der Waals surface area contributed by atoms with E-state index in [2.05, 4.69) is 20.8 Å². The maximum Gasteiger partial charge on any atom is 0.261 e. The molecule has 0 aliphatic heterocycles. The van der Waals surface area contributed by atoms with Crippen LogP contribution in [0.5, 0.6) is 0 Å². The molecule has 1 aromatic heterocycles. The number of aromatic nitrogens is 2. The first-order valence-corrected chi connectivity index (χ1v) is 10.1. The van der Waals surface area contributed by atoms with Crippen molar-refractivity contribution in [3.63, 3.8) is 0 Å². The molecule has 0 saturated heterocycles. The third-order valence-electron chi connectivity index (χ3n) is 4.30. The molecule has 3 aromatic carbocycles. The highest BCUT2D eigenvalue weighted by Crippen LogP contribution is 2.24. The van der Waals surface area contributed by atoms with Gasteiger partial charge in [0.1, 0.15) is 5.82 Å². The number of nitrogens with zero attached hydrogens (tertiary/aromatic N) is 2. The highest BCUT2D eigenvalue weighted by Gasteiger charge is 2.16. The fourth-order valence-corrected chi connectivity index (χ4v) is 3.97. The first-order chi connectivity index (χ1) is 13.5. The van der Waals surface area contributed by atoms with Gasteiger partial charge in [-0.15, -0.1) is 0 Å². The molecule has 2 N–H and O–H groups in total. The van der Waals surface area contributed by atoms with Gasteiger partial charge in [0.05, 0.1) is 28.4 Å². The molecule has 28 heavy (non-hydrogen) atoms. The van der Waals surface area contributed by atoms with Crippen molar-refractivity contribution >= 4 is 26.7 Å². The Labute approximate surface area is 162 Å². The predicted octanol–water partition coefficient (Wildman–Crippen LogP) is 4.10. The number of imidazole rings is 1. The van der Waals surface area contributed by atoms with E-state index in [0.29, 0.717) is 22.5 Å². The predicted molar refractivity (Wildman–Crippen MR) is 108 cm³/mol. The minimum atomic E-state index is -3.75. The maximum atomic E-state index is 12.7. The van der Waals surface area contributed by atoms with Gasteiger partial charge in [0.25, 0.3) is 10.0 Å². The number of sulfonamides is 1. The number of H-pyrrole nitrogens is 1. The van der Waals surface area contributed by atoms with Gasteiger partial charge in [-0.2, -0.15) is 5.26 Å². The lowest BCUT2D eigenvalue weighted by atomic mass is 10.1. The van der Waals surface area contributed by atoms with Gasteiger partial charge < -0.3 is 4.98 Å². The SMILES string of the molecule is N#CCc1ccc(NS(=O)(=O)c2ccc3nc(-c4ccccc4)[nH]c3c2)cc1. The Morgan fingerprint density at radius 3 is 2.46 bits per heavy atom. The van der Waals surface area contributed by atoms with Gasteiger partial charge in [0.2, 0.25) is 0 Å². The second kappa shape index (κ2) is 7.18. The van der Waals surface area contributed by atoms with E-state index >= 15 is 0 Å². The van der Waals surface area contributed by atoms with Crippen molar-refractivity contribution in [1.29, 1.82) is 5.26 Å². The van der Waals surface area contributed by atoms with Crippen LogP contribution in [0.15, 0.2) is 77.7 Å². The summed E-state index contributed by atoms with van der Waals surface area (Å²) in [6.45, 7) is 0. The number of benzene rings is 3. The van der Waals surface area contributed by atoms with Crippen molar-refractivity contribution in [2.24, 2.45) is 0 Å². The van der Waals surface area contributed by atoms with Crippen LogP contribution in [0.25, 0.3) is 22.4 Å². The average molecular weight is 388 g/mol. The summed E-state index contributed by atoms with van der Waals surface area (Å²) in [4.78, 5) is 7.84. The lowest BCUT2D eigenvalue weighted by molar-refractivity contribution is 0.601. The normalized spacial score (nSPS) is 11.2. The van der Waals surface area contributed by atoms with E-state index < -0.39 is 10.0 Å². The van der Waals surface area contributed by atoms with E-state index in [4.69, 9.17) is 5.26 Å². The Balaban J connectivity index is 1.63. The van der Waals surface area contributed by atoms with E-state index in [-0.39, 0.29) is 11.3 Å². The van der Waals surface area contributed by atoms with Gasteiger partial charge in [0.15, 0.2) is 0 Å². The highest BCUT2D eigenvalue weighted by atomic mass is 32.2. The van der Waals surface area contributed by atoms with Crippen LogP contribution < -0.4 is 4.72 Å². The molecule has 0 unspecified atom stereocenters. The Morgan fingerprint density at radius 2 is 1.75 bits per heavy atom. The summed E-state index contributed by atoms with van der Waals surface area (Å²) in [5.74, 6) is 0.686. The minimum Gasteiger partial charge on any atom is -0.338 e. The molecule has 0 amide bonds. The van der Waals surface area contributed by atoms with Crippen LogP contribution in [-0.4, -0.2) is 18.4 Å². The number of nitriles is 1. The Bertz CT molecular complexity index is 1270. The van der Waals surface area contributed by atoms with Crippen molar-refractivity contribution in [3.8, 4) is 17.5 Å². The van der Waals surface area contributed by atoms with Crippen LogP contribution in [-0.2, 0) is 16.4 Å². The molecular weight excluding hydrogens is 372 g/mol. The highest BCUT2D eigenvalue weighted by molar-refractivity contribution is 7.92. The first-order valence-electron chi connectivity index (χ1n) is 8.59. The standard InChI is InChI=1S/C21H16N4O2S/c22-13-12-15-6-8-17(9-7-15)25-28(26,27)18-10-11-19-20(14-18)24-21(23-19)16-4-2-1-3-5-16/h1-11,14,25H,12H2,(H,23,24). The van der Waals surface area contributed by atoms with Gasteiger partial charge in [-0.05, 0) is 35.9 Å².